The molecule has 0 atom stereocenters. The fraction of sp³-hybridized carbons (Fsp3) is 0.467. The topological polar surface area (TPSA) is 56.1 Å². The fourth-order valence-corrected chi connectivity index (χ4v) is 2.37. The minimum Gasteiger partial charge on any atom is -0.369 e. The summed E-state index contributed by atoms with van der Waals surface area (Å²) >= 11 is 0. The molecular weight excluding hydrogens is 257 g/mol. The van der Waals surface area contributed by atoms with Crippen molar-refractivity contribution in [3.05, 3.63) is 24.0 Å². The third kappa shape index (κ3) is 3.47. The molecule has 0 radical (unpaired) electrons. The van der Waals surface area contributed by atoms with Gasteiger partial charge in [0.2, 0.25) is 5.91 Å². The van der Waals surface area contributed by atoms with Crippen LogP contribution in [0.15, 0.2) is 18.2 Å². The first-order valence-corrected chi connectivity index (χ1v) is 6.81. The van der Waals surface area contributed by atoms with E-state index in [0.717, 1.165) is 25.9 Å². The highest BCUT2D eigenvalue weighted by atomic mass is 19.1. The molecule has 1 saturated heterocycles. The van der Waals surface area contributed by atoms with E-state index < -0.39 is 5.91 Å². The molecule has 1 aromatic carbocycles. The molecule has 1 N–H and O–H groups in total. The van der Waals surface area contributed by atoms with Gasteiger partial charge in [-0.25, -0.2) is 4.39 Å². The Balaban J connectivity index is 2.06. The standard InChI is InChI=1S/C15H18FN3O/c1-11-5-8-19(9-6-11)14-3-2-12(10-13(14)16)18-15(20)4-7-17/h2-3,10-11H,4-6,8-9H2,1H3,(H,18,20). The number of hydrogen-bond donors (Lipinski definition) is 1. The van der Waals surface area contributed by atoms with Gasteiger partial charge in [0, 0.05) is 18.8 Å². The van der Waals surface area contributed by atoms with E-state index in [9.17, 15) is 9.18 Å². The Morgan fingerprint density at radius 3 is 2.80 bits per heavy atom. The van der Waals surface area contributed by atoms with Gasteiger partial charge in [-0.05, 0) is 37.0 Å². The average molecular weight is 275 g/mol. The minimum atomic E-state index is -0.425. The molecule has 20 heavy (non-hydrogen) atoms. The summed E-state index contributed by atoms with van der Waals surface area (Å²) < 4.78 is 14.1. The van der Waals surface area contributed by atoms with Gasteiger partial charge in [0.05, 0.1) is 11.8 Å². The van der Waals surface area contributed by atoms with Crippen LogP contribution in [0.4, 0.5) is 15.8 Å². The fourth-order valence-electron chi connectivity index (χ4n) is 2.37. The Labute approximate surface area is 118 Å². The zero-order valence-electron chi connectivity index (χ0n) is 11.5. The Bertz CT molecular complexity index is 530. The Kier molecular flexibility index (Phi) is 4.57. The maximum Gasteiger partial charge on any atom is 0.238 e. The summed E-state index contributed by atoms with van der Waals surface area (Å²) in [6.07, 6.45) is 1.91. The van der Waals surface area contributed by atoms with Crippen molar-refractivity contribution in [2.24, 2.45) is 5.92 Å². The van der Waals surface area contributed by atoms with E-state index in [1.54, 1.807) is 18.2 Å². The third-order valence-electron chi connectivity index (χ3n) is 3.60. The van der Waals surface area contributed by atoms with Crippen molar-refractivity contribution in [1.82, 2.24) is 0 Å². The van der Waals surface area contributed by atoms with Crippen molar-refractivity contribution in [2.75, 3.05) is 23.3 Å². The second kappa shape index (κ2) is 6.38. The highest BCUT2D eigenvalue weighted by Gasteiger charge is 2.18. The summed E-state index contributed by atoms with van der Waals surface area (Å²) in [6, 6.07) is 6.42. The second-order valence-corrected chi connectivity index (χ2v) is 5.22. The average Bonchev–Trinajstić information content (AvgIpc) is 2.40. The number of carbonyl (C=O) groups is 1. The lowest BCUT2D eigenvalue weighted by atomic mass is 9.99. The molecule has 106 valence electrons. The molecule has 0 unspecified atom stereocenters. The lowest BCUT2D eigenvalue weighted by molar-refractivity contribution is -0.115. The predicted octanol–water partition coefficient (Wildman–Crippen LogP) is 2.91. The lowest BCUT2D eigenvalue weighted by Crippen LogP contribution is -2.33. The van der Waals surface area contributed by atoms with Crippen molar-refractivity contribution in [1.29, 1.82) is 5.26 Å². The normalized spacial score (nSPS) is 15.8. The largest absolute Gasteiger partial charge is 0.369 e. The molecule has 0 bridgehead atoms. The van der Waals surface area contributed by atoms with Gasteiger partial charge in [0.25, 0.3) is 0 Å². The number of amides is 1. The quantitative estimate of drug-likeness (QED) is 0.922. The zero-order valence-corrected chi connectivity index (χ0v) is 11.5. The van der Waals surface area contributed by atoms with Crippen molar-refractivity contribution < 1.29 is 9.18 Å². The number of nitrogens with one attached hydrogen (secondary N) is 1. The van der Waals surface area contributed by atoms with Crippen molar-refractivity contribution >= 4 is 17.3 Å². The molecule has 0 aromatic heterocycles. The van der Waals surface area contributed by atoms with Crippen LogP contribution in [-0.4, -0.2) is 19.0 Å². The Morgan fingerprint density at radius 2 is 2.20 bits per heavy atom. The number of piperidine rings is 1. The van der Waals surface area contributed by atoms with E-state index in [0.29, 0.717) is 17.3 Å². The van der Waals surface area contributed by atoms with Crippen molar-refractivity contribution in [3.8, 4) is 6.07 Å². The van der Waals surface area contributed by atoms with Crippen molar-refractivity contribution in [2.45, 2.75) is 26.2 Å². The Morgan fingerprint density at radius 1 is 1.50 bits per heavy atom. The van der Waals surface area contributed by atoms with Crippen LogP contribution >= 0.6 is 0 Å². The molecule has 0 aliphatic carbocycles. The Hall–Kier alpha value is -2.09. The van der Waals surface area contributed by atoms with Gasteiger partial charge in [-0.15, -0.1) is 0 Å². The van der Waals surface area contributed by atoms with E-state index >= 15 is 0 Å². The SMILES string of the molecule is CC1CCN(c2ccc(NC(=O)CC#N)cc2F)CC1. The maximum atomic E-state index is 14.1. The molecule has 5 heteroatoms. The van der Waals surface area contributed by atoms with E-state index in [-0.39, 0.29) is 12.2 Å². The maximum absolute atomic E-state index is 14.1. The molecule has 0 spiro atoms. The number of carbonyl (C=O) groups excluding carboxylic acids is 1. The van der Waals surface area contributed by atoms with Crippen molar-refractivity contribution in [3.63, 3.8) is 0 Å². The van der Waals surface area contributed by atoms with Crippen LogP contribution in [0.1, 0.15) is 26.2 Å². The molecule has 2 rings (SSSR count). The van der Waals surface area contributed by atoms with Gasteiger partial charge < -0.3 is 10.2 Å². The first-order valence-electron chi connectivity index (χ1n) is 6.81. The molecule has 1 fully saturated rings. The predicted molar refractivity (Wildman–Crippen MR) is 75.9 cm³/mol. The number of halogens is 1. The summed E-state index contributed by atoms with van der Waals surface area (Å²) in [6.45, 7) is 3.93. The van der Waals surface area contributed by atoms with E-state index in [2.05, 4.69) is 12.2 Å². The minimum absolute atomic E-state index is 0.229. The smallest absolute Gasteiger partial charge is 0.238 e. The summed E-state index contributed by atoms with van der Waals surface area (Å²) in [5, 5.41) is 10.9. The van der Waals surface area contributed by atoms with Crippen LogP contribution in [0.5, 0.6) is 0 Å². The number of nitriles is 1. The van der Waals surface area contributed by atoms with Crippen LogP contribution in [0.25, 0.3) is 0 Å². The van der Waals surface area contributed by atoms with Crippen LogP contribution in [0.3, 0.4) is 0 Å². The molecule has 1 aromatic rings. The highest BCUT2D eigenvalue weighted by Crippen LogP contribution is 2.27. The summed E-state index contributed by atoms with van der Waals surface area (Å²) in [7, 11) is 0. The van der Waals surface area contributed by atoms with Crippen LogP contribution in [-0.2, 0) is 4.79 Å². The van der Waals surface area contributed by atoms with Gasteiger partial charge >= 0.3 is 0 Å². The van der Waals surface area contributed by atoms with Crippen LogP contribution in [0.2, 0.25) is 0 Å². The van der Waals surface area contributed by atoms with E-state index in [1.165, 1.54) is 6.07 Å². The van der Waals surface area contributed by atoms with Gasteiger partial charge in [0.1, 0.15) is 12.2 Å². The molecule has 1 heterocycles. The molecule has 1 amide bonds. The molecule has 1 aliphatic rings. The summed E-state index contributed by atoms with van der Waals surface area (Å²) in [5.41, 5.74) is 0.965. The van der Waals surface area contributed by atoms with Crippen LogP contribution < -0.4 is 10.2 Å². The number of nitrogens with zero attached hydrogens (tertiary/aromatic N) is 2. The zero-order chi connectivity index (χ0) is 14.5. The number of hydrogen-bond acceptors (Lipinski definition) is 3. The molecule has 4 nitrogen and oxygen atoms in total. The number of benzene rings is 1. The van der Waals surface area contributed by atoms with Gasteiger partial charge in [-0.2, -0.15) is 5.26 Å². The first-order chi connectivity index (χ1) is 9.60. The molecule has 0 saturated carbocycles. The monoisotopic (exact) mass is 275 g/mol. The molecular formula is C15H18FN3O. The van der Waals surface area contributed by atoms with Gasteiger partial charge in [-0.3, -0.25) is 4.79 Å². The highest BCUT2D eigenvalue weighted by molar-refractivity contribution is 5.92. The lowest BCUT2D eigenvalue weighted by Gasteiger charge is -2.32. The summed E-state index contributed by atoms with van der Waals surface area (Å²) in [4.78, 5) is 13.3. The molecule has 1 aliphatic heterocycles. The van der Waals surface area contributed by atoms with E-state index in [4.69, 9.17) is 5.26 Å². The second-order valence-electron chi connectivity index (χ2n) is 5.22. The third-order valence-corrected chi connectivity index (χ3v) is 3.60. The summed E-state index contributed by atoms with van der Waals surface area (Å²) in [5.74, 6) is -0.0698. The number of anilines is 2. The first kappa shape index (κ1) is 14.3. The van der Waals surface area contributed by atoms with E-state index in [1.807, 2.05) is 4.90 Å². The van der Waals surface area contributed by atoms with Gasteiger partial charge in [-0.1, -0.05) is 6.92 Å². The van der Waals surface area contributed by atoms with Gasteiger partial charge in [0.15, 0.2) is 0 Å². The van der Waals surface area contributed by atoms with Crippen LogP contribution in [0, 0.1) is 23.1 Å². The number of rotatable bonds is 3.